The van der Waals surface area contributed by atoms with Crippen molar-refractivity contribution in [3.8, 4) is 5.75 Å². The fraction of sp³-hybridized carbons (Fsp3) is 0.571. The Hall–Kier alpha value is -2.41. The summed E-state index contributed by atoms with van der Waals surface area (Å²) in [5, 5.41) is 0. The zero-order valence-electron chi connectivity index (χ0n) is 16.3. The minimum Gasteiger partial charge on any atom is -0.497 e. The molecule has 3 aliphatic heterocycles. The highest BCUT2D eigenvalue weighted by atomic mass is 16.5. The topological polar surface area (TPSA) is 70.2 Å². The number of ether oxygens (including phenoxy) is 1. The molecule has 28 heavy (non-hydrogen) atoms. The molecule has 150 valence electrons. The molecule has 2 unspecified atom stereocenters. The van der Waals surface area contributed by atoms with Gasteiger partial charge in [0.2, 0.25) is 11.8 Å². The minimum atomic E-state index is -0.469. The van der Waals surface area contributed by atoms with E-state index in [9.17, 15) is 14.4 Å². The van der Waals surface area contributed by atoms with Gasteiger partial charge in [0.25, 0.3) is 5.91 Å². The number of carbonyl (C=O) groups excluding carboxylic acids is 3. The van der Waals surface area contributed by atoms with Gasteiger partial charge in [-0.05, 0) is 56.5 Å². The Morgan fingerprint density at radius 2 is 1.75 bits per heavy atom. The fourth-order valence-corrected chi connectivity index (χ4v) is 4.59. The van der Waals surface area contributed by atoms with Crippen molar-refractivity contribution in [2.24, 2.45) is 5.92 Å². The zero-order valence-corrected chi connectivity index (χ0v) is 16.3. The molecule has 3 aliphatic rings. The number of likely N-dealkylation sites (tertiary alicyclic amines) is 2. The van der Waals surface area contributed by atoms with Gasteiger partial charge < -0.3 is 9.64 Å². The van der Waals surface area contributed by atoms with E-state index in [1.54, 1.807) is 31.4 Å². The largest absolute Gasteiger partial charge is 0.497 e. The Morgan fingerprint density at radius 3 is 2.43 bits per heavy atom. The SMILES string of the molecule is COc1ccc(N2C(=O)CC(N3CCCC(C(=O)N4CCCC4)C3)C2=O)cc1. The third kappa shape index (κ3) is 3.51. The van der Waals surface area contributed by atoms with E-state index in [0.29, 0.717) is 18.0 Å². The molecule has 0 radical (unpaired) electrons. The predicted molar refractivity (Wildman–Crippen MR) is 104 cm³/mol. The van der Waals surface area contributed by atoms with Crippen LogP contribution in [0.5, 0.6) is 5.75 Å². The van der Waals surface area contributed by atoms with Gasteiger partial charge in [-0.1, -0.05) is 0 Å². The number of hydrogen-bond acceptors (Lipinski definition) is 5. The molecule has 4 rings (SSSR count). The van der Waals surface area contributed by atoms with E-state index in [2.05, 4.69) is 0 Å². The normalized spacial score (nSPS) is 26.2. The van der Waals surface area contributed by atoms with Gasteiger partial charge in [-0.25, -0.2) is 4.90 Å². The van der Waals surface area contributed by atoms with Crippen LogP contribution in [0, 0.1) is 5.92 Å². The second-order valence-electron chi connectivity index (χ2n) is 7.85. The number of benzene rings is 1. The van der Waals surface area contributed by atoms with Crippen molar-refractivity contribution in [3.63, 3.8) is 0 Å². The summed E-state index contributed by atoms with van der Waals surface area (Å²) < 4.78 is 5.15. The fourth-order valence-electron chi connectivity index (χ4n) is 4.59. The third-order valence-electron chi connectivity index (χ3n) is 6.11. The van der Waals surface area contributed by atoms with Gasteiger partial charge in [0.1, 0.15) is 5.75 Å². The summed E-state index contributed by atoms with van der Waals surface area (Å²) in [6.45, 7) is 3.02. The number of imide groups is 1. The van der Waals surface area contributed by atoms with Gasteiger partial charge in [-0.2, -0.15) is 0 Å². The minimum absolute atomic E-state index is 0.0650. The second kappa shape index (κ2) is 7.91. The highest BCUT2D eigenvalue weighted by molar-refractivity contribution is 6.22. The Kier molecular flexibility index (Phi) is 5.35. The highest BCUT2D eigenvalue weighted by Crippen LogP contribution is 2.30. The van der Waals surface area contributed by atoms with Gasteiger partial charge in [0, 0.05) is 19.6 Å². The van der Waals surface area contributed by atoms with Crippen LogP contribution in [0.3, 0.4) is 0 Å². The van der Waals surface area contributed by atoms with Gasteiger partial charge >= 0.3 is 0 Å². The standard InChI is InChI=1S/C21H27N3O4/c1-28-17-8-6-16(7-9-17)24-19(25)13-18(21(24)27)23-12-4-5-15(14-23)20(26)22-10-2-3-11-22/h6-9,15,18H,2-5,10-14H2,1H3. The monoisotopic (exact) mass is 385 g/mol. The van der Waals surface area contributed by atoms with E-state index >= 15 is 0 Å². The highest BCUT2D eigenvalue weighted by Gasteiger charge is 2.44. The molecule has 1 aromatic rings. The van der Waals surface area contributed by atoms with Crippen molar-refractivity contribution >= 4 is 23.4 Å². The maximum Gasteiger partial charge on any atom is 0.251 e. The number of carbonyl (C=O) groups is 3. The molecule has 0 spiro atoms. The summed E-state index contributed by atoms with van der Waals surface area (Å²) in [7, 11) is 1.58. The molecule has 2 atom stereocenters. The van der Waals surface area contributed by atoms with Crippen molar-refractivity contribution in [2.45, 2.75) is 38.1 Å². The molecule has 0 aromatic heterocycles. The van der Waals surface area contributed by atoms with E-state index < -0.39 is 6.04 Å². The van der Waals surface area contributed by atoms with E-state index in [0.717, 1.165) is 45.3 Å². The van der Waals surface area contributed by atoms with Crippen LogP contribution in [0.25, 0.3) is 0 Å². The average molecular weight is 385 g/mol. The number of nitrogens with zero attached hydrogens (tertiary/aromatic N) is 3. The number of anilines is 1. The summed E-state index contributed by atoms with van der Waals surface area (Å²) in [4.78, 5) is 43.7. The van der Waals surface area contributed by atoms with Gasteiger partial charge in [0.15, 0.2) is 0 Å². The van der Waals surface area contributed by atoms with E-state index in [1.807, 2.05) is 9.80 Å². The van der Waals surface area contributed by atoms with Crippen LogP contribution in [0.15, 0.2) is 24.3 Å². The molecule has 3 saturated heterocycles. The quantitative estimate of drug-likeness (QED) is 0.738. The summed E-state index contributed by atoms with van der Waals surface area (Å²) >= 11 is 0. The first-order valence-corrected chi connectivity index (χ1v) is 10.1. The lowest BCUT2D eigenvalue weighted by molar-refractivity contribution is -0.137. The maximum atomic E-state index is 13.0. The molecule has 0 aliphatic carbocycles. The van der Waals surface area contributed by atoms with Crippen LogP contribution in [0.2, 0.25) is 0 Å². The Bertz CT molecular complexity index is 757. The first kappa shape index (κ1) is 18.9. The summed E-state index contributed by atoms with van der Waals surface area (Å²) in [6, 6.07) is 6.48. The Morgan fingerprint density at radius 1 is 1.04 bits per heavy atom. The number of piperidine rings is 1. The first-order chi connectivity index (χ1) is 13.6. The van der Waals surface area contributed by atoms with Crippen molar-refractivity contribution in [1.29, 1.82) is 0 Å². The van der Waals surface area contributed by atoms with E-state index in [4.69, 9.17) is 4.74 Å². The van der Waals surface area contributed by atoms with Crippen molar-refractivity contribution in [3.05, 3.63) is 24.3 Å². The zero-order chi connectivity index (χ0) is 19.7. The smallest absolute Gasteiger partial charge is 0.251 e. The molecule has 0 N–H and O–H groups in total. The van der Waals surface area contributed by atoms with Crippen LogP contribution < -0.4 is 9.64 Å². The molecular formula is C21H27N3O4. The summed E-state index contributed by atoms with van der Waals surface area (Å²) in [5.41, 5.74) is 0.569. The van der Waals surface area contributed by atoms with Crippen molar-refractivity contribution in [2.75, 3.05) is 38.2 Å². The number of rotatable bonds is 4. The lowest BCUT2D eigenvalue weighted by Gasteiger charge is -2.36. The number of hydrogen-bond donors (Lipinski definition) is 0. The molecule has 7 heteroatoms. The second-order valence-corrected chi connectivity index (χ2v) is 7.85. The molecule has 3 heterocycles. The van der Waals surface area contributed by atoms with Crippen molar-refractivity contribution in [1.82, 2.24) is 9.80 Å². The average Bonchev–Trinajstić information content (AvgIpc) is 3.36. The lowest BCUT2D eigenvalue weighted by atomic mass is 9.95. The van der Waals surface area contributed by atoms with E-state index in [1.165, 1.54) is 4.90 Å². The molecule has 7 nitrogen and oxygen atoms in total. The number of amides is 3. The van der Waals surface area contributed by atoms with Gasteiger partial charge in [-0.15, -0.1) is 0 Å². The first-order valence-electron chi connectivity index (χ1n) is 10.1. The van der Waals surface area contributed by atoms with Crippen LogP contribution in [-0.4, -0.2) is 66.9 Å². The van der Waals surface area contributed by atoms with Gasteiger partial charge in [0.05, 0.1) is 31.2 Å². The molecule has 1 aromatic carbocycles. The van der Waals surface area contributed by atoms with Crippen molar-refractivity contribution < 1.29 is 19.1 Å². The molecule has 3 amide bonds. The number of methoxy groups -OCH3 is 1. The van der Waals surface area contributed by atoms with Crippen LogP contribution in [-0.2, 0) is 14.4 Å². The lowest BCUT2D eigenvalue weighted by Crippen LogP contribution is -2.50. The molecule has 3 fully saturated rings. The molecular weight excluding hydrogens is 358 g/mol. The molecule has 0 saturated carbocycles. The van der Waals surface area contributed by atoms with Crippen LogP contribution in [0.1, 0.15) is 32.1 Å². The van der Waals surface area contributed by atoms with Crippen LogP contribution in [0.4, 0.5) is 5.69 Å². The third-order valence-corrected chi connectivity index (χ3v) is 6.11. The Balaban J connectivity index is 1.45. The van der Waals surface area contributed by atoms with E-state index in [-0.39, 0.29) is 30.1 Å². The maximum absolute atomic E-state index is 13.0. The van der Waals surface area contributed by atoms with Gasteiger partial charge in [-0.3, -0.25) is 19.3 Å². The summed E-state index contributed by atoms with van der Waals surface area (Å²) in [6.07, 6.45) is 4.08. The molecule has 0 bridgehead atoms. The Labute approximate surface area is 165 Å². The van der Waals surface area contributed by atoms with Crippen LogP contribution >= 0.6 is 0 Å². The summed E-state index contributed by atoms with van der Waals surface area (Å²) in [5.74, 6) is 0.451. The predicted octanol–water partition coefficient (Wildman–Crippen LogP) is 1.66.